The van der Waals surface area contributed by atoms with Gasteiger partial charge in [0, 0.05) is 25.9 Å². The number of carbonyl (C=O) groups is 1. The summed E-state index contributed by atoms with van der Waals surface area (Å²) in [7, 11) is 0. The van der Waals surface area contributed by atoms with Crippen LogP contribution < -0.4 is 5.73 Å². The van der Waals surface area contributed by atoms with Crippen molar-refractivity contribution in [2.24, 2.45) is 5.73 Å². The second-order valence-corrected chi connectivity index (χ2v) is 3.65. The van der Waals surface area contributed by atoms with Gasteiger partial charge in [-0.3, -0.25) is 4.79 Å². The number of likely N-dealkylation sites (tertiary alicyclic amines) is 1. The number of rotatable bonds is 1. The van der Waals surface area contributed by atoms with Gasteiger partial charge in [0.1, 0.15) is 0 Å². The normalized spacial score (nSPS) is 19.1. The molecule has 0 radical (unpaired) electrons. The van der Waals surface area contributed by atoms with Crippen molar-refractivity contribution in [1.29, 1.82) is 0 Å². The molecule has 15 heavy (non-hydrogen) atoms. The lowest BCUT2D eigenvalue weighted by molar-refractivity contribution is -0.135. The third kappa shape index (κ3) is 5.67. The van der Waals surface area contributed by atoms with Crippen LogP contribution in [0.5, 0.6) is 0 Å². The highest BCUT2D eigenvalue weighted by atomic mass is 19.3. The second kappa shape index (κ2) is 6.71. The van der Waals surface area contributed by atoms with Gasteiger partial charge < -0.3 is 10.6 Å². The minimum atomic E-state index is -2.59. The first-order valence-corrected chi connectivity index (χ1v) is 5.32. The van der Waals surface area contributed by atoms with E-state index in [1.165, 1.54) is 11.3 Å². The summed E-state index contributed by atoms with van der Waals surface area (Å²) < 4.78 is 25.2. The average molecular weight is 222 g/mol. The summed E-state index contributed by atoms with van der Waals surface area (Å²) >= 11 is 0. The van der Waals surface area contributed by atoms with Crippen molar-refractivity contribution in [3.8, 4) is 0 Å². The number of hydrogen-bond acceptors (Lipinski definition) is 2. The largest absolute Gasteiger partial charge is 0.341 e. The summed E-state index contributed by atoms with van der Waals surface area (Å²) in [5.74, 6) is -2.84. The van der Waals surface area contributed by atoms with Crippen molar-refractivity contribution in [3.63, 3.8) is 0 Å². The molecule has 1 fully saturated rings. The summed E-state index contributed by atoms with van der Waals surface area (Å²) in [4.78, 5) is 12.3. The molecule has 0 aromatic carbocycles. The Bertz CT molecular complexity index is 188. The SMILES string of the molecule is CCC.NCC(=O)N1CCC(F)(F)CC1. The molecular weight excluding hydrogens is 202 g/mol. The first kappa shape index (κ1) is 14.3. The lowest BCUT2D eigenvalue weighted by atomic mass is 10.1. The third-order valence-electron chi connectivity index (χ3n) is 2.02. The highest BCUT2D eigenvalue weighted by Crippen LogP contribution is 2.27. The minimum absolute atomic E-state index is 0.0917. The van der Waals surface area contributed by atoms with Gasteiger partial charge in [-0.15, -0.1) is 0 Å². The molecule has 1 heterocycles. The van der Waals surface area contributed by atoms with E-state index in [1.54, 1.807) is 0 Å². The monoisotopic (exact) mass is 222 g/mol. The average Bonchev–Trinajstić information content (AvgIpc) is 2.18. The molecule has 0 unspecified atom stereocenters. The summed E-state index contributed by atoms with van der Waals surface area (Å²) in [6, 6.07) is 0. The van der Waals surface area contributed by atoms with E-state index in [2.05, 4.69) is 13.8 Å². The standard InChI is InChI=1S/C7H12F2N2O.C3H8/c8-7(9)1-3-11(4-2-7)6(12)5-10;1-3-2/h1-5,10H2;3H2,1-2H3. The third-order valence-corrected chi connectivity index (χ3v) is 2.02. The molecule has 1 aliphatic heterocycles. The minimum Gasteiger partial charge on any atom is -0.341 e. The van der Waals surface area contributed by atoms with Crippen LogP contribution in [-0.2, 0) is 4.79 Å². The van der Waals surface area contributed by atoms with E-state index >= 15 is 0 Å². The predicted octanol–water partition coefficient (Wildman–Crippen LogP) is 1.62. The van der Waals surface area contributed by atoms with Crippen LogP contribution >= 0.6 is 0 Å². The van der Waals surface area contributed by atoms with E-state index in [4.69, 9.17) is 5.73 Å². The maximum Gasteiger partial charge on any atom is 0.251 e. The molecule has 1 aliphatic rings. The van der Waals surface area contributed by atoms with Gasteiger partial charge in [-0.05, 0) is 0 Å². The molecule has 0 aromatic heterocycles. The smallest absolute Gasteiger partial charge is 0.251 e. The van der Waals surface area contributed by atoms with Gasteiger partial charge in [-0.1, -0.05) is 20.3 Å². The van der Waals surface area contributed by atoms with E-state index in [0.717, 1.165) is 0 Å². The Balaban J connectivity index is 0.000000583. The zero-order valence-corrected chi connectivity index (χ0v) is 9.43. The van der Waals surface area contributed by atoms with E-state index in [-0.39, 0.29) is 38.4 Å². The zero-order valence-electron chi connectivity index (χ0n) is 9.43. The fourth-order valence-corrected chi connectivity index (χ4v) is 1.21. The predicted molar refractivity (Wildman–Crippen MR) is 55.8 cm³/mol. The Labute approximate surface area is 89.6 Å². The topological polar surface area (TPSA) is 46.3 Å². The lowest BCUT2D eigenvalue weighted by Crippen LogP contribution is -2.45. The highest BCUT2D eigenvalue weighted by molar-refractivity contribution is 5.78. The molecule has 0 bridgehead atoms. The first-order valence-electron chi connectivity index (χ1n) is 5.32. The number of nitrogens with zero attached hydrogens (tertiary/aromatic N) is 1. The molecule has 1 rings (SSSR count). The van der Waals surface area contributed by atoms with Crippen molar-refractivity contribution >= 4 is 5.91 Å². The van der Waals surface area contributed by atoms with Crippen LogP contribution in [0.3, 0.4) is 0 Å². The number of halogens is 2. The summed E-state index contributed by atoms with van der Waals surface area (Å²) in [5.41, 5.74) is 5.09. The molecule has 3 nitrogen and oxygen atoms in total. The van der Waals surface area contributed by atoms with Gasteiger partial charge in [-0.25, -0.2) is 8.78 Å². The molecule has 0 saturated carbocycles. The Morgan fingerprint density at radius 1 is 1.33 bits per heavy atom. The fraction of sp³-hybridized carbons (Fsp3) is 0.900. The van der Waals surface area contributed by atoms with Crippen molar-refractivity contribution in [3.05, 3.63) is 0 Å². The molecule has 5 heteroatoms. The summed E-state index contributed by atoms with van der Waals surface area (Å²) in [5, 5.41) is 0. The number of nitrogens with two attached hydrogens (primary N) is 1. The van der Waals surface area contributed by atoms with E-state index in [1.807, 2.05) is 0 Å². The summed E-state index contributed by atoms with van der Waals surface area (Å²) in [6.45, 7) is 4.41. The van der Waals surface area contributed by atoms with Gasteiger partial charge in [0.05, 0.1) is 6.54 Å². The highest BCUT2D eigenvalue weighted by Gasteiger charge is 2.35. The van der Waals surface area contributed by atoms with Crippen molar-refractivity contribution in [1.82, 2.24) is 4.90 Å². The van der Waals surface area contributed by atoms with Crippen LogP contribution in [-0.4, -0.2) is 36.4 Å². The number of amides is 1. The molecule has 1 amide bonds. The number of alkyl halides is 2. The van der Waals surface area contributed by atoms with Crippen LogP contribution in [0.25, 0.3) is 0 Å². The van der Waals surface area contributed by atoms with E-state index in [9.17, 15) is 13.6 Å². The Morgan fingerprint density at radius 3 is 2.07 bits per heavy atom. The molecule has 0 aliphatic carbocycles. The number of hydrogen-bond donors (Lipinski definition) is 1. The van der Waals surface area contributed by atoms with Gasteiger partial charge in [-0.2, -0.15) is 0 Å². The lowest BCUT2D eigenvalue weighted by Gasteiger charge is -2.31. The fourth-order valence-electron chi connectivity index (χ4n) is 1.21. The molecule has 0 spiro atoms. The van der Waals surface area contributed by atoms with Crippen LogP contribution in [0, 0.1) is 0 Å². The maximum absolute atomic E-state index is 12.6. The van der Waals surface area contributed by atoms with Crippen LogP contribution in [0.4, 0.5) is 8.78 Å². The number of piperidine rings is 1. The molecular formula is C10H20F2N2O. The number of carbonyl (C=O) groups excluding carboxylic acids is 1. The van der Waals surface area contributed by atoms with Crippen molar-refractivity contribution in [2.75, 3.05) is 19.6 Å². The molecule has 2 N–H and O–H groups in total. The van der Waals surface area contributed by atoms with E-state index in [0.29, 0.717) is 0 Å². The second-order valence-electron chi connectivity index (χ2n) is 3.65. The first-order chi connectivity index (χ1) is 6.96. The molecule has 1 saturated heterocycles. The van der Waals surface area contributed by atoms with Gasteiger partial charge in [0.2, 0.25) is 5.91 Å². The Morgan fingerprint density at radius 2 is 1.73 bits per heavy atom. The maximum atomic E-state index is 12.6. The van der Waals surface area contributed by atoms with Gasteiger partial charge in [0.15, 0.2) is 0 Å². The van der Waals surface area contributed by atoms with Crippen molar-refractivity contribution in [2.45, 2.75) is 39.0 Å². The van der Waals surface area contributed by atoms with Gasteiger partial charge in [0.25, 0.3) is 5.92 Å². The quantitative estimate of drug-likeness (QED) is 0.732. The Kier molecular flexibility index (Phi) is 6.40. The zero-order chi connectivity index (χ0) is 11.9. The Hall–Kier alpha value is -0.710. The van der Waals surface area contributed by atoms with Crippen LogP contribution in [0.2, 0.25) is 0 Å². The summed E-state index contributed by atoms with van der Waals surface area (Å²) in [6.07, 6.45) is 0.775. The van der Waals surface area contributed by atoms with Crippen molar-refractivity contribution < 1.29 is 13.6 Å². The van der Waals surface area contributed by atoms with Crippen LogP contribution in [0.1, 0.15) is 33.1 Å². The van der Waals surface area contributed by atoms with Crippen LogP contribution in [0.15, 0.2) is 0 Å². The van der Waals surface area contributed by atoms with E-state index < -0.39 is 5.92 Å². The molecule has 0 atom stereocenters. The molecule has 0 aromatic rings. The molecule has 90 valence electrons. The van der Waals surface area contributed by atoms with Gasteiger partial charge >= 0.3 is 0 Å².